The van der Waals surface area contributed by atoms with Gasteiger partial charge < -0.3 is 97.0 Å². The van der Waals surface area contributed by atoms with Crippen LogP contribution in [0.3, 0.4) is 0 Å². The van der Waals surface area contributed by atoms with Gasteiger partial charge in [0.25, 0.3) is 0 Å². The lowest BCUT2D eigenvalue weighted by molar-refractivity contribution is -0.137. The van der Waals surface area contributed by atoms with E-state index in [0.29, 0.717) is 6.42 Å². The summed E-state index contributed by atoms with van der Waals surface area (Å²) in [6, 6.07) is 0. The molecule has 0 rings (SSSR count). The van der Waals surface area contributed by atoms with Crippen LogP contribution in [0.15, 0.2) is 12.2 Å². The van der Waals surface area contributed by atoms with Crippen molar-refractivity contribution < 1.29 is 102 Å². The Bertz CT molecular complexity index is 812. The van der Waals surface area contributed by atoms with E-state index in [4.69, 9.17) is 97.0 Å². The third kappa shape index (κ3) is 38.2. The highest BCUT2D eigenvalue weighted by molar-refractivity contribution is 5.66. The number of aliphatic hydroxyl groups excluding tert-OH is 18. The molecule has 0 aromatic rings. The van der Waals surface area contributed by atoms with E-state index in [1.165, 1.54) is 96.3 Å². The maximum absolute atomic E-state index is 10.4. The highest BCUT2D eigenvalue weighted by atomic mass is 16.4. The first-order chi connectivity index (χ1) is 28.4. The second kappa shape index (κ2) is 45.5. The van der Waals surface area contributed by atoms with Crippen molar-refractivity contribution in [2.24, 2.45) is 0 Å². The van der Waals surface area contributed by atoms with E-state index in [0.717, 1.165) is 12.8 Å². The summed E-state index contributed by atoms with van der Waals surface area (Å²) in [6.07, 6.45) is 7.95. The molecule has 0 aromatic heterocycles. The molecule has 0 aliphatic heterocycles. The van der Waals surface area contributed by atoms with Crippen LogP contribution >= 0.6 is 0 Å². The van der Waals surface area contributed by atoms with Crippen molar-refractivity contribution in [3.63, 3.8) is 0 Å². The molecule has 0 heterocycles. The maximum atomic E-state index is 10.4. The van der Waals surface area contributed by atoms with Gasteiger partial charge in [0.05, 0.1) is 39.6 Å². The van der Waals surface area contributed by atoms with E-state index in [9.17, 15) is 4.79 Å². The zero-order chi connectivity index (χ0) is 46.9. The average Bonchev–Trinajstić information content (AvgIpc) is 3.26. The number of hydrogen-bond acceptors (Lipinski definition) is 19. The second-order valence-corrected chi connectivity index (χ2v) is 14.6. The SMILES string of the molecule is CCCCCCCC/C=C\CCCCCCCCCCCC(=O)O.OC[C@@H](O)[C@@H](O)[C@H](O)[C@@H](O)CO.OC[C@@H](O)[C@@H](O)[C@H](O)[C@@H](O)CO.OC[C@@H](O)[C@@H](O)[C@H](O)[C@@H](O)CO. The predicted octanol–water partition coefficient (Wildman–Crippen LogP) is -3.09. The minimum Gasteiger partial charge on any atom is -0.481 e. The minimum atomic E-state index is -1.67. The molecule has 0 aliphatic carbocycles. The molecule has 364 valence electrons. The molecule has 0 spiro atoms. The van der Waals surface area contributed by atoms with Gasteiger partial charge in [0.15, 0.2) is 0 Å². The third-order valence-corrected chi connectivity index (χ3v) is 9.19. The highest BCUT2D eigenvalue weighted by Crippen LogP contribution is 2.13. The molecule has 0 fully saturated rings. The molecular weight excluding hydrogens is 800 g/mol. The van der Waals surface area contributed by atoms with Gasteiger partial charge in [-0.05, 0) is 32.1 Å². The number of carboxylic acid groups (broad SMARTS) is 1. The Balaban J connectivity index is -0.000000371. The quantitative estimate of drug-likeness (QED) is 0.0225. The smallest absolute Gasteiger partial charge is 0.303 e. The van der Waals surface area contributed by atoms with Gasteiger partial charge in [-0.25, -0.2) is 0 Å². The van der Waals surface area contributed by atoms with Crippen molar-refractivity contribution in [2.45, 2.75) is 196 Å². The summed E-state index contributed by atoms with van der Waals surface area (Å²) in [5.74, 6) is -0.656. The lowest BCUT2D eigenvalue weighted by Crippen LogP contribution is -2.46. The largest absolute Gasteiger partial charge is 0.481 e. The van der Waals surface area contributed by atoms with Gasteiger partial charge in [0.2, 0.25) is 0 Å². The van der Waals surface area contributed by atoms with Gasteiger partial charge >= 0.3 is 5.97 Å². The first kappa shape index (κ1) is 65.1. The van der Waals surface area contributed by atoms with E-state index in [1.807, 2.05) is 0 Å². The fourth-order valence-corrected chi connectivity index (χ4v) is 5.07. The second-order valence-electron chi connectivity index (χ2n) is 14.6. The molecule has 20 heteroatoms. The molecule has 0 saturated heterocycles. The number of hydrogen-bond donors (Lipinski definition) is 19. The third-order valence-electron chi connectivity index (χ3n) is 9.19. The minimum absolute atomic E-state index is 0.340. The van der Waals surface area contributed by atoms with Gasteiger partial charge in [-0.3, -0.25) is 4.79 Å². The summed E-state index contributed by atoms with van der Waals surface area (Å²) in [6.45, 7) is -2.08. The number of carbonyl (C=O) groups is 1. The molecule has 0 radical (unpaired) electrons. The van der Waals surface area contributed by atoms with Gasteiger partial charge in [0, 0.05) is 6.42 Å². The Morgan fingerprint density at radius 1 is 0.350 bits per heavy atom. The Morgan fingerprint density at radius 3 is 0.750 bits per heavy atom. The summed E-state index contributed by atoms with van der Waals surface area (Å²) in [4.78, 5) is 10.4. The summed E-state index contributed by atoms with van der Waals surface area (Å²) in [5, 5.41) is 165. The van der Waals surface area contributed by atoms with Crippen LogP contribution in [-0.2, 0) is 4.79 Å². The van der Waals surface area contributed by atoms with Crippen LogP contribution in [0.5, 0.6) is 0 Å². The van der Waals surface area contributed by atoms with Crippen molar-refractivity contribution in [3.8, 4) is 0 Å². The van der Waals surface area contributed by atoms with Crippen molar-refractivity contribution in [2.75, 3.05) is 39.6 Å². The summed E-state index contributed by atoms with van der Waals surface area (Å²) in [5.41, 5.74) is 0. The maximum Gasteiger partial charge on any atom is 0.303 e. The molecule has 0 saturated carbocycles. The molecule has 0 bridgehead atoms. The van der Waals surface area contributed by atoms with Gasteiger partial charge in [-0.15, -0.1) is 0 Å². The van der Waals surface area contributed by atoms with E-state index < -0.39 is 119 Å². The van der Waals surface area contributed by atoms with Crippen LogP contribution in [-0.4, -0.2) is 216 Å². The van der Waals surface area contributed by atoms with Crippen LogP contribution in [0.1, 0.15) is 122 Å². The van der Waals surface area contributed by atoms with Crippen LogP contribution in [0.4, 0.5) is 0 Å². The number of carboxylic acids is 1. The number of aliphatic hydroxyl groups is 18. The first-order valence-corrected chi connectivity index (χ1v) is 21.1. The monoisotopic (exact) mass is 885 g/mol. The van der Waals surface area contributed by atoms with Crippen molar-refractivity contribution in [1.82, 2.24) is 0 Å². The van der Waals surface area contributed by atoms with Crippen molar-refractivity contribution >= 4 is 5.97 Å². The van der Waals surface area contributed by atoms with Crippen LogP contribution < -0.4 is 0 Å². The van der Waals surface area contributed by atoms with Crippen molar-refractivity contribution in [3.05, 3.63) is 12.2 Å². The van der Waals surface area contributed by atoms with Crippen LogP contribution in [0, 0.1) is 0 Å². The molecule has 0 aromatic carbocycles. The predicted molar refractivity (Wildman–Crippen MR) is 220 cm³/mol. The fourth-order valence-electron chi connectivity index (χ4n) is 5.07. The number of aliphatic carboxylic acids is 1. The zero-order valence-corrected chi connectivity index (χ0v) is 35.5. The van der Waals surface area contributed by atoms with Crippen LogP contribution in [0.2, 0.25) is 0 Å². The molecule has 0 aliphatic rings. The molecule has 20 nitrogen and oxygen atoms in total. The molecule has 0 unspecified atom stereocenters. The number of rotatable bonds is 34. The molecule has 12 atom stereocenters. The zero-order valence-electron chi connectivity index (χ0n) is 35.5. The van der Waals surface area contributed by atoms with Gasteiger partial charge in [-0.2, -0.15) is 0 Å². The number of unbranched alkanes of at least 4 members (excludes halogenated alkanes) is 15. The van der Waals surface area contributed by atoms with E-state index >= 15 is 0 Å². The Kier molecular flexibility index (Phi) is 49.4. The van der Waals surface area contributed by atoms with Gasteiger partial charge in [-0.1, -0.05) is 96.1 Å². The van der Waals surface area contributed by atoms with Crippen molar-refractivity contribution in [1.29, 1.82) is 0 Å². The first-order valence-electron chi connectivity index (χ1n) is 21.1. The molecule has 60 heavy (non-hydrogen) atoms. The Morgan fingerprint density at radius 2 is 0.550 bits per heavy atom. The van der Waals surface area contributed by atoms with E-state index in [1.54, 1.807) is 0 Å². The standard InChI is InChI=1S/C22H42O2.3C6H14O6/c1-2-3-4-5-6-7-8-9-10-11-12-13-14-15-16-17-18-19-20-21-22(23)24;3*7-1-3(9)5(11)6(12)4(10)2-8/h9-10H,2-8,11-21H2,1H3,(H,23,24);3*3-12H,1-2H2/b10-9-;;;/t;3*3-,4+,5-,6-/m.111/s1. The Labute approximate surface area is 355 Å². The average molecular weight is 885 g/mol. The van der Waals surface area contributed by atoms with E-state index in [2.05, 4.69) is 19.1 Å². The lowest BCUT2D eigenvalue weighted by atomic mass is 10.0. The van der Waals surface area contributed by atoms with Gasteiger partial charge in [0.1, 0.15) is 73.2 Å². The topological polar surface area (TPSA) is 401 Å². The summed E-state index contributed by atoms with van der Waals surface area (Å²) < 4.78 is 0. The normalized spacial score (nSPS) is 17.4. The number of allylic oxidation sites excluding steroid dienone is 2. The summed E-state index contributed by atoms with van der Waals surface area (Å²) >= 11 is 0. The Hall–Kier alpha value is -1.51. The van der Waals surface area contributed by atoms with Crippen LogP contribution in [0.25, 0.3) is 0 Å². The molecule has 19 N–H and O–H groups in total. The summed E-state index contributed by atoms with van der Waals surface area (Å²) in [7, 11) is 0. The fraction of sp³-hybridized carbons (Fsp3) is 0.925. The molecular formula is C40H84O20. The highest BCUT2D eigenvalue weighted by Gasteiger charge is 2.31. The molecule has 0 amide bonds. The van der Waals surface area contributed by atoms with E-state index in [-0.39, 0.29) is 0 Å². The lowest BCUT2D eigenvalue weighted by Gasteiger charge is -2.24.